The van der Waals surface area contributed by atoms with E-state index >= 15 is 0 Å². The average molecular weight is 440 g/mol. The Labute approximate surface area is 188 Å². The molecule has 2 aliphatic heterocycles. The van der Waals surface area contributed by atoms with Gasteiger partial charge in [0.25, 0.3) is 5.91 Å². The minimum atomic E-state index is -0.540. The summed E-state index contributed by atoms with van der Waals surface area (Å²) >= 11 is 0. The van der Waals surface area contributed by atoms with Crippen LogP contribution in [0, 0.1) is 0 Å². The fourth-order valence-corrected chi connectivity index (χ4v) is 4.10. The number of nitrogens with zero attached hydrogens (tertiary/aromatic N) is 2. The predicted molar refractivity (Wildman–Crippen MR) is 121 cm³/mol. The number of carbonyl (C=O) groups is 2. The van der Waals surface area contributed by atoms with Crippen LogP contribution in [-0.2, 0) is 20.7 Å². The van der Waals surface area contributed by atoms with Crippen LogP contribution in [0.25, 0.3) is 0 Å². The second kappa shape index (κ2) is 9.91. The Hall–Kier alpha value is -3.26. The van der Waals surface area contributed by atoms with Gasteiger partial charge in [0.05, 0.1) is 33.9 Å². The number of morpholine rings is 1. The van der Waals surface area contributed by atoms with Gasteiger partial charge in [0.2, 0.25) is 5.91 Å². The number of ether oxygens (including phenoxy) is 3. The van der Waals surface area contributed by atoms with Gasteiger partial charge in [-0.15, -0.1) is 0 Å². The molecule has 32 heavy (non-hydrogen) atoms. The lowest BCUT2D eigenvalue weighted by Crippen LogP contribution is -2.36. The van der Waals surface area contributed by atoms with Gasteiger partial charge in [-0.05, 0) is 48.4 Å². The molecule has 1 atom stereocenters. The van der Waals surface area contributed by atoms with E-state index in [9.17, 15) is 9.59 Å². The maximum Gasteiger partial charge on any atom is 0.252 e. The maximum atomic E-state index is 12.9. The number of carbonyl (C=O) groups excluding carboxylic acids is 2. The molecular weight excluding hydrogens is 410 g/mol. The van der Waals surface area contributed by atoms with Crippen molar-refractivity contribution in [2.24, 2.45) is 0 Å². The van der Waals surface area contributed by atoms with E-state index in [1.54, 1.807) is 14.2 Å². The van der Waals surface area contributed by atoms with E-state index in [1.165, 1.54) is 4.90 Å². The first-order valence-corrected chi connectivity index (χ1v) is 10.8. The molecular formula is C24H29N3O5. The highest BCUT2D eigenvalue weighted by atomic mass is 16.5. The van der Waals surface area contributed by atoms with Crippen LogP contribution < -0.4 is 19.7 Å². The Morgan fingerprint density at radius 1 is 1.00 bits per heavy atom. The lowest BCUT2D eigenvalue weighted by Gasteiger charge is -2.29. The van der Waals surface area contributed by atoms with Crippen molar-refractivity contribution in [2.45, 2.75) is 18.9 Å². The first-order chi connectivity index (χ1) is 15.6. The van der Waals surface area contributed by atoms with Crippen LogP contribution in [0.4, 0.5) is 11.4 Å². The quantitative estimate of drug-likeness (QED) is 0.633. The fourth-order valence-electron chi connectivity index (χ4n) is 4.10. The molecule has 4 rings (SSSR count). The standard InChI is InChI=1S/C24H29N3O5/c1-30-21-8-3-17(15-22(21)31-2)9-10-27-23(28)16-20(24(27)29)25-18-4-6-19(7-5-18)26-11-13-32-14-12-26/h3-8,15,20,25H,9-14,16H2,1-2H3/t20-/m0/s1. The molecule has 2 aliphatic rings. The second-order valence-corrected chi connectivity index (χ2v) is 7.87. The van der Waals surface area contributed by atoms with Crippen LogP contribution in [0.15, 0.2) is 42.5 Å². The molecule has 0 aliphatic carbocycles. The van der Waals surface area contributed by atoms with E-state index in [1.807, 2.05) is 42.5 Å². The molecule has 0 radical (unpaired) electrons. The van der Waals surface area contributed by atoms with E-state index in [-0.39, 0.29) is 18.2 Å². The monoisotopic (exact) mass is 439 g/mol. The lowest BCUT2D eigenvalue weighted by atomic mass is 10.1. The van der Waals surface area contributed by atoms with Gasteiger partial charge in [0, 0.05) is 31.0 Å². The van der Waals surface area contributed by atoms with E-state index in [2.05, 4.69) is 10.2 Å². The highest BCUT2D eigenvalue weighted by molar-refractivity contribution is 6.06. The molecule has 0 bridgehead atoms. The summed E-state index contributed by atoms with van der Waals surface area (Å²) in [5.41, 5.74) is 2.93. The topological polar surface area (TPSA) is 80.3 Å². The summed E-state index contributed by atoms with van der Waals surface area (Å²) in [6.45, 7) is 3.55. The summed E-state index contributed by atoms with van der Waals surface area (Å²) in [7, 11) is 3.17. The highest BCUT2D eigenvalue weighted by Crippen LogP contribution is 2.28. The van der Waals surface area contributed by atoms with Gasteiger partial charge >= 0.3 is 0 Å². The Morgan fingerprint density at radius 3 is 2.41 bits per heavy atom. The number of rotatable bonds is 8. The Bertz CT molecular complexity index is 957. The van der Waals surface area contributed by atoms with Crippen molar-refractivity contribution < 1.29 is 23.8 Å². The Balaban J connectivity index is 1.34. The third-order valence-corrected chi connectivity index (χ3v) is 5.90. The number of likely N-dealkylation sites (tertiary alicyclic amines) is 1. The summed E-state index contributed by atoms with van der Waals surface area (Å²) in [4.78, 5) is 29.0. The van der Waals surface area contributed by atoms with Crippen molar-refractivity contribution in [1.29, 1.82) is 0 Å². The molecule has 0 unspecified atom stereocenters. The van der Waals surface area contributed by atoms with Gasteiger partial charge in [-0.3, -0.25) is 14.5 Å². The van der Waals surface area contributed by atoms with Crippen LogP contribution in [0.5, 0.6) is 11.5 Å². The zero-order valence-electron chi connectivity index (χ0n) is 18.5. The van der Waals surface area contributed by atoms with Crippen molar-refractivity contribution in [1.82, 2.24) is 4.90 Å². The summed E-state index contributed by atoms with van der Waals surface area (Å²) < 4.78 is 16.0. The molecule has 170 valence electrons. The van der Waals surface area contributed by atoms with E-state index < -0.39 is 6.04 Å². The minimum Gasteiger partial charge on any atom is -0.493 e. The minimum absolute atomic E-state index is 0.155. The van der Waals surface area contributed by atoms with Gasteiger partial charge in [-0.25, -0.2) is 0 Å². The molecule has 0 spiro atoms. The number of methoxy groups -OCH3 is 2. The number of hydrogen-bond donors (Lipinski definition) is 1. The third kappa shape index (κ3) is 4.80. The molecule has 2 amide bonds. The van der Waals surface area contributed by atoms with Crippen LogP contribution in [0.1, 0.15) is 12.0 Å². The Morgan fingerprint density at radius 2 is 1.72 bits per heavy atom. The summed E-state index contributed by atoms with van der Waals surface area (Å²) in [5.74, 6) is 0.934. The summed E-state index contributed by atoms with van der Waals surface area (Å²) in [6.07, 6.45) is 0.717. The Kier molecular flexibility index (Phi) is 6.80. The van der Waals surface area contributed by atoms with Crippen molar-refractivity contribution in [2.75, 3.05) is 57.3 Å². The van der Waals surface area contributed by atoms with Crippen LogP contribution in [0.3, 0.4) is 0 Å². The highest BCUT2D eigenvalue weighted by Gasteiger charge is 2.38. The fraction of sp³-hybridized carbons (Fsp3) is 0.417. The molecule has 2 heterocycles. The van der Waals surface area contributed by atoms with Crippen molar-refractivity contribution in [3.63, 3.8) is 0 Å². The third-order valence-electron chi connectivity index (χ3n) is 5.90. The molecule has 0 aromatic heterocycles. The van der Waals surface area contributed by atoms with E-state index in [0.717, 1.165) is 43.2 Å². The normalized spacial score (nSPS) is 18.8. The number of hydrogen-bond acceptors (Lipinski definition) is 7. The maximum absolute atomic E-state index is 12.9. The van der Waals surface area contributed by atoms with Crippen LogP contribution >= 0.6 is 0 Å². The van der Waals surface area contributed by atoms with Gasteiger partial charge < -0.3 is 24.4 Å². The first kappa shape index (κ1) is 22.0. The largest absolute Gasteiger partial charge is 0.493 e. The molecule has 0 saturated carbocycles. The zero-order valence-corrected chi connectivity index (χ0v) is 18.5. The molecule has 2 saturated heterocycles. The lowest BCUT2D eigenvalue weighted by molar-refractivity contribution is -0.138. The number of amides is 2. The average Bonchev–Trinajstić information content (AvgIpc) is 3.10. The number of imide groups is 1. The van der Waals surface area contributed by atoms with Gasteiger partial charge in [-0.2, -0.15) is 0 Å². The second-order valence-electron chi connectivity index (χ2n) is 7.87. The molecule has 2 fully saturated rings. The smallest absolute Gasteiger partial charge is 0.252 e. The van der Waals surface area contributed by atoms with Crippen LogP contribution in [0.2, 0.25) is 0 Å². The van der Waals surface area contributed by atoms with Gasteiger partial charge in [0.15, 0.2) is 11.5 Å². The predicted octanol–water partition coefficient (Wildman–Crippen LogP) is 2.32. The molecule has 2 aromatic rings. The SMILES string of the molecule is COc1ccc(CCN2C(=O)C[C@H](Nc3ccc(N4CCOCC4)cc3)C2=O)cc1OC. The first-order valence-electron chi connectivity index (χ1n) is 10.8. The molecule has 8 nitrogen and oxygen atoms in total. The number of benzene rings is 2. The van der Waals surface area contributed by atoms with Gasteiger partial charge in [0.1, 0.15) is 6.04 Å². The number of anilines is 2. The van der Waals surface area contributed by atoms with Crippen LogP contribution in [-0.4, -0.2) is 69.8 Å². The number of nitrogens with one attached hydrogen (secondary N) is 1. The molecule has 2 aromatic carbocycles. The molecule has 1 N–H and O–H groups in total. The van der Waals surface area contributed by atoms with Crippen molar-refractivity contribution in [3.05, 3.63) is 48.0 Å². The van der Waals surface area contributed by atoms with Gasteiger partial charge in [-0.1, -0.05) is 6.07 Å². The van der Waals surface area contributed by atoms with E-state index in [4.69, 9.17) is 14.2 Å². The summed E-state index contributed by atoms with van der Waals surface area (Å²) in [5, 5.41) is 3.22. The van der Waals surface area contributed by atoms with E-state index in [0.29, 0.717) is 24.5 Å². The van der Waals surface area contributed by atoms with Crippen molar-refractivity contribution >= 4 is 23.2 Å². The van der Waals surface area contributed by atoms with Crippen molar-refractivity contribution in [3.8, 4) is 11.5 Å². The summed E-state index contributed by atoms with van der Waals surface area (Å²) in [6, 6.07) is 13.0. The molecule has 8 heteroatoms. The zero-order chi connectivity index (χ0) is 22.5.